The minimum Gasteiger partial charge on any atom is -0.329 e. The molecule has 0 saturated heterocycles. The number of nitrogens with zero attached hydrogens (tertiary/aromatic N) is 1. The van der Waals surface area contributed by atoms with E-state index in [4.69, 9.17) is 17.3 Å². The molecule has 0 aliphatic rings. The summed E-state index contributed by atoms with van der Waals surface area (Å²) in [7, 11) is 2.03. The Balaban J connectivity index is 2.91. The Morgan fingerprint density at radius 2 is 2.00 bits per heavy atom. The molecule has 0 saturated carbocycles. The lowest BCUT2D eigenvalue weighted by molar-refractivity contribution is 0.175. The first-order valence-corrected chi connectivity index (χ1v) is 6.47. The molecule has 0 fully saturated rings. The summed E-state index contributed by atoms with van der Waals surface area (Å²) in [6, 6.07) is 4.86. The largest absolute Gasteiger partial charge is 0.329 e. The topological polar surface area (TPSA) is 29.3 Å². The molecule has 1 rings (SSSR count). The molecule has 0 aliphatic carbocycles. The van der Waals surface area contributed by atoms with Gasteiger partial charge in [0.15, 0.2) is 0 Å². The van der Waals surface area contributed by atoms with Crippen molar-refractivity contribution >= 4 is 11.6 Å². The van der Waals surface area contributed by atoms with Crippen molar-refractivity contribution in [1.82, 2.24) is 4.90 Å². The summed E-state index contributed by atoms with van der Waals surface area (Å²) in [6.45, 7) is 7.91. The van der Waals surface area contributed by atoms with Gasteiger partial charge in [-0.25, -0.2) is 4.39 Å². The minimum atomic E-state index is -0.394. The number of hydrogen-bond acceptors (Lipinski definition) is 2. The second-order valence-electron chi connectivity index (χ2n) is 5.90. The van der Waals surface area contributed by atoms with Crippen LogP contribution in [0.1, 0.15) is 32.4 Å². The zero-order chi connectivity index (χ0) is 13.9. The molecule has 0 bridgehead atoms. The SMILES string of the molecule is CN(CC(C)(C)C)C(CN)c1ccc(F)c(Cl)c1. The molecule has 0 aliphatic heterocycles. The van der Waals surface area contributed by atoms with Crippen LogP contribution in [0.5, 0.6) is 0 Å². The van der Waals surface area contributed by atoms with Crippen LogP contribution in [0.2, 0.25) is 5.02 Å². The highest BCUT2D eigenvalue weighted by molar-refractivity contribution is 6.30. The van der Waals surface area contributed by atoms with E-state index in [2.05, 4.69) is 25.7 Å². The van der Waals surface area contributed by atoms with Crippen molar-refractivity contribution in [3.63, 3.8) is 0 Å². The molecule has 0 radical (unpaired) electrons. The summed E-state index contributed by atoms with van der Waals surface area (Å²) < 4.78 is 13.2. The van der Waals surface area contributed by atoms with E-state index >= 15 is 0 Å². The van der Waals surface area contributed by atoms with Crippen LogP contribution in [0, 0.1) is 11.2 Å². The van der Waals surface area contributed by atoms with Crippen molar-refractivity contribution in [2.45, 2.75) is 26.8 Å². The standard InChI is InChI=1S/C14H22ClFN2/c1-14(2,3)9-18(4)13(8-17)10-5-6-12(16)11(15)7-10/h5-7,13H,8-9,17H2,1-4H3. The van der Waals surface area contributed by atoms with Crippen molar-refractivity contribution in [2.75, 3.05) is 20.1 Å². The number of benzene rings is 1. The number of nitrogens with two attached hydrogens (primary N) is 1. The Labute approximate surface area is 114 Å². The van der Waals surface area contributed by atoms with E-state index in [1.807, 2.05) is 7.05 Å². The molecule has 102 valence electrons. The molecule has 0 heterocycles. The Kier molecular flexibility index (Phi) is 5.14. The molecular weight excluding hydrogens is 251 g/mol. The average Bonchev–Trinajstić information content (AvgIpc) is 2.21. The van der Waals surface area contributed by atoms with Crippen molar-refractivity contribution in [3.8, 4) is 0 Å². The Hall–Kier alpha value is -0.640. The summed E-state index contributed by atoms with van der Waals surface area (Å²) in [5.74, 6) is -0.394. The van der Waals surface area contributed by atoms with Gasteiger partial charge in [0, 0.05) is 19.1 Å². The van der Waals surface area contributed by atoms with Crippen molar-refractivity contribution in [3.05, 3.63) is 34.6 Å². The molecule has 0 aromatic heterocycles. The van der Waals surface area contributed by atoms with Gasteiger partial charge in [-0.05, 0) is 30.2 Å². The molecule has 2 N–H and O–H groups in total. The Bertz CT molecular complexity index is 401. The molecule has 1 atom stereocenters. The maximum Gasteiger partial charge on any atom is 0.141 e. The quantitative estimate of drug-likeness (QED) is 0.910. The molecule has 1 aromatic rings. The van der Waals surface area contributed by atoms with E-state index in [-0.39, 0.29) is 16.5 Å². The van der Waals surface area contributed by atoms with Gasteiger partial charge in [-0.2, -0.15) is 0 Å². The molecular formula is C14H22ClFN2. The summed E-state index contributed by atoms with van der Waals surface area (Å²) >= 11 is 5.82. The fourth-order valence-electron chi connectivity index (χ4n) is 2.15. The molecule has 4 heteroatoms. The van der Waals surface area contributed by atoms with Gasteiger partial charge in [0.25, 0.3) is 0 Å². The number of hydrogen-bond donors (Lipinski definition) is 1. The number of halogens is 2. The smallest absolute Gasteiger partial charge is 0.141 e. The zero-order valence-corrected chi connectivity index (χ0v) is 12.3. The second-order valence-corrected chi connectivity index (χ2v) is 6.31. The molecule has 0 spiro atoms. The molecule has 1 unspecified atom stereocenters. The van der Waals surface area contributed by atoms with E-state index < -0.39 is 5.82 Å². The molecule has 2 nitrogen and oxygen atoms in total. The van der Waals surface area contributed by atoms with Crippen LogP contribution in [0.3, 0.4) is 0 Å². The highest BCUT2D eigenvalue weighted by atomic mass is 35.5. The third-order valence-corrected chi connectivity index (χ3v) is 3.10. The van der Waals surface area contributed by atoms with E-state index in [1.54, 1.807) is 12.1 Å². The lowest BCUT2D eigenvalue weighted by Gasteiger charge is -2.33. The van der Waals surface area contributed by atoms with Gasteiger partial charge in [-0.1, -0.05) is 38.4 Å². The normalized spacial score (nSPS) is 14.0. The Morgan fingerprint density at radius 3 is 2.44 bits per heavy atom. The van der Waals surface area contributed by atoms with Crippen LogP contribution in [0.25, 0.3) is 0 Å². The van der Waals surface area contributed by atoms with Crippen LogP contribution in [0.4, 0.5) is 4.39 Å². The lowest BCUT2D eigenvalue weighted by atomic mass is 9.94. The first-order valence-electron chi connectivity index (χ1n) is 6.10. The van der Waals surface area contributed by atoms with Gasteiger partial charge in [0.2, 0.25) is 0 Å². The van der Waals surface area contributed by atoms with Gasteiger partial charge < -0.3 is 5.73 Å². The summed E-state index contributed by atoms with van der Waals surface area (Å²) in [5.41, 5.74) is 6.97. The first-order chi connectivity index (χ1) is 8.24. The third kappa shape index (κ3) is 4.23. The van der Waals surface area contributed by atoms with Crippen LogP contribution in [0.15, 0.2) is 18.2 Å². The van der Waals surface area contributed by atoms with Crippen LogP contribution < -0.4 is 5.73 Å². The average molecular weight is 273 g/mol. The fraction of sp³-hybridized carbons (Fsp3) is 0.571. The van der Waals surface area contributed by atoms with Gasteiger partial charge in [0.1, 0.15) is 5.82 Å². The maximum atomic E-state index is 13.2. The van der Waals surface area contributed by atoms with Crippen LogP contribution in [-0.4, -0.2) is 25.0 Å². The molecule has 1 aromatic carbocycles. The molecule has 0 amide bonds. The number of likely N-dealkylation sites (N-methyl/N-ethyl adjacent to an activating group) is 1. The predicted octanol–water partition coefficient (Wildman–Crippen LogP) is 3.46. The predicted molar refractivity (Wildman–Crippen MR) is 75.3 cm³/mol. The van der Waals surface area contributed by atoms with E-state index in [0.29, 0.717) is 6.54 Å². The van der Waals surface area contributed by atoms with E-state index in [9.17, 15) is 4.39 Å². The monoisotopic (exact) mass is 272 g/mol. The van der Waals surface area contributed by atoms with Gasteiger partial charge >= 0.3 is 0 Å². The number of rotatable bonds is 4. The molecule has 18 heavy (non-hydrogen) atoms. The van der Waals surface area contributed by atoms with Crippen LogP contribution >= 0.6 is 11.6 Å². The summed E-state index contributed by atoms with van der Waals surface area (Å²) in [4.78, 5) is 2.18. The van der Waals surface area contributed by atoms with Gasteiger partial charge in [0.05, 0.1) is 5.02 Å². The highest BCUT2D eigenvalue weighted by Gasteiger charge is 2.21. The van der Waals surface area contributed by atoms with Crippen molar-refractivity contribution in [1.29, 1.82) is 0 Å². The minimum absolute atomic E-state index is 0.0577. The van der Waals surface area contributed by atoms with Crippen molar-refractivity contribution < 1.29 is 4.39 Å². The van der Waals surface area contributed by atoms with Gasteiger partial charge in [-0.15, -0.1) is 0 Å². The van der Waals surface area contributed by atoms with Crippen LogP contribution in [-0.2, 0) is 0 Å². The lowest BCUT2D eigenvalue weighted by Crippen LogP contribution is -2.36. The maximum absolute atomic E-state index is 13.2. The summed E-state index contributed by atoms with van der Waals surface area (Å²) in [5, 5.41) is 0.148. The summed E-state index contributed by atoms with van der Waals surface area (Å²) in [6.07, 6.45) is 0. The fourth-order valence-corrected chi connectivity index (χ4v) is 2.34. The van der Waals surface area contributed by atoms with E-state index in [0.717, 1.165) is 12.1 Å². The van der Waals surface area contributed by atoms with Crippen molar-refractivity contribution in [2.24, 2.45) is 11.1 Å². The van der Waals surface area contributed by atoms with E-state index in [1.165, 1.54) is 6.07 Å². The highest BCUT2D eigenvalue weighted by Crippen LogP contribution is 2.26. The van der Waals surface area contributed by atoms with Gasteiger partial charge in [-0.3, -0.25) is 4.90 Å². The Morgan fingerprint density at radius 1 is 1.39 bits per heavy atom. The first kappa shape index (κ1) is 15.4. The zero-order valence-electron chi connectivity index (χ0n) is 11.5. The second kappa shape index (κ2) is 6.00. The third-order valence-electron chi connectivity index (χ3n) is 2.81.